The van der Waals surface area contributed by atoms with Crippen molar-refractivity contribution in [2.75, 3.05) is 6.54 Å². The molecule has 0 atom stereocenters. The Morgan fingerprint density at radius 1 is 0.933 bits per heavy atom. The smallest absolute Gasteiger partial charge is 0.224 e. The van der Waals surface area contributed by atoms with E-state index in [-0.39, 0.29) is 12.5 Å². The Hall–Kier alpha value is -3.91. The number of para-hydroxylation sites is 3. The van der Waals surface area contributed by atoms with Crippen LogP contribution in [0.15, 0.2) is 84.9 Å². The monoisotopic (exact) mass is 394 g/mol. The molecule has 0 radical (unpaired) electrons. The van der Waals surface area contributed by atoms with E-state index < -0.39 is 0 Å². The van der Waals surface area contributed by atoms with Crippen LogP contribution < -0.4 is 0 Å². The maximum absolute atomic E-state index is 12.9. The first-order valence-electron chi connectivity index (χ1n) is 9.96. The van der Waals surface area contributed by atoms with Crippen molar-refractivity contribution in [3.8, 4) is 11.8 Å². The largest absolute Gasteiger partial charge is 0.325 e. The molecule has 1 heterocycles. The summed E-state index contributed by atoms with van der Waals surface area (Å²) >= 11 is 0. The summed E-state index contributed by atoms with van der Waals surface area (Å²) in [7, 11) is 0. The van der Waals surface area contributed by atoms with Gasteiger partial charge in [-0.15, -0.1) is 0 Å². The van der Waals surface area contributed by atoms with Crippen molar-refractivity contribution in [1.82, 2.24) is 14.5 Å². The molecule has 0 aliphatic heterocycles. The lowest BCUT2D eigenvalue weighted by molar-refractivity contribution is -0.131. The minimum atomic E-state index is -0.0490. The Balaban J connectivity index is 1.57. The predicted octanol–water partition coefficient (Wildman–Crippen LogP) is 4.51. The van der Waals surface area contributed by atoms with E-state index >= 15 is 0 Å². The van der Waals surface area contributed by atoms with Gasteiger partial charge < -0.3 is 4.90 Å². The van der Waals surface area contributed by atoms with Crippen LogP contribution in [0.1, 0.15) is 17.8 Å². The van der Waals surface area contributed by atoms with Crippen LogP contribution in [0.2, 0.25) is 0 Å². The normalized spacial score (nSPS) is 10.6. The summed E-state index contributed by atoms with van der Waals surface area (Å²) in [5.74, 6) is 0.791. The minimum Gasteiger partial charge on any atom is -0.325 e. The third-order valence-electron chi connectivity index (χ3n) is 5.04. The second-order valence-corrected chi connectivity index (χ2v) is 7.08. The van der Waals surface area contributed by atoms with E-state index in [2.05, 4.69) is 10.6 Å². The van der Waals surface area contributed by atoms with Crippen molar-refractivity contribution in [3.05, 3.63) is 96.3 Å². The van der Waals surface area contributed by atoms with E-state index in [0.29, 0.717) is 19.4 Å². The van der Waals surface area contributed by atoms with E-state index in [1.54, 1.807) is 4.90 Å². The van der Waals surface area contributed by atoms with Gasteiger partial charge in [0.1, 0.15) is 12.4 Å². The molecule has 4 rings (SSSR count). The standard InChI is InChI=1S/C25H22N4O/c26-17-18-28(19-20-9-3-1-4-10-20)25(30)16-15-24-27-22-13-7-8-14-23(22)29(24)21-11-5-2-6-12-21/h1-14H,15-16,18-19H2. The fraction of sp³-hybridized carbons (Fsp3) is 0.160. The Morgan fingerprint density at radius 3 is 2.33 bits per heavy atom. The molecule has 30 heavy (non-hydrogen) atoms. The van der Waals surface area contributed by atoms with Gasteiger partial charge in [-0.3, -0.25) is 9.36 Å². The number of aryl methyl sites for hydroxylation is 1. The number of amides is 1. The van der Waals surface area contributed by atoms with Crippen LogP contribution in [-0.2, 0) is 17.8 Å². The summed E-state index contributed by atoms with van der Waals surface area (Å²) in [5, 5.41) is 9.18. The van der Waals surface area contributed by atoms with Gasteiger partial charge in [0.15, 0.2) is 0 Å². The Morgan fingerprint density at radius 2 is 1.60 bits per heavy atom. The average molecular weight is 394 g/mol. The second kappa shape index (κ2) is 9.06. The number of hydrogen-bond donors (Lipinski definition) is 0. The molecule has 3 aromatic carbocycles. The first-order valence-corrected chi connectivity index (χ1v) is 9.96. The van der Waals surface area contributed by atoms with Gasteiger partial charge in [-0.25, -0.2) is 4.98 Å². The Kier molecular flexibility index (Phi) is 5.86. The molecular weight excluding hydrogens is 372 g/mol. The molecular formula is C25H22N4O. The maximum atomic E-state index is 12.9. The van der Waals surface area contributed by atoms with Gasteiger partial charge in [-0.2, -0.15) is 5.26 Å². The zero-order valence-corrected chi connectivity index (χ0v) is 16.6. The van der Waals surface area contributed by atoms with Crippen LogP contribution in [0, 0.1) is 11.3 Å². The zero-order valence-electron chi connectivity index (χ0n) is 16.6. The van der Waals surface area contributed by atoms with Gasteiger partial charge in [0.05, 0.1) is 17.1 Å². The number of imidazole rings is 1. The van der Waals surface area contributed by atoms with Crippen molar-refractivity contribution < 1.29 is 4.79 Å². The van der Waals surface area contributed by atoms with Crippen LogP contribution in [0.4, 0.5) is 0 Å². The van der Waals surface area contributed by atoms with Crippen LogP contribution >= 0.6 is 0 Å². The van der Waals surface area contributed by atoms with Crippen molar-refractivity contribution in [1.29, 1.82) is 5.26 Å². The molecule has 0 fully saturated rings. The van der Waals surface area contributed by atoms with Gasteiger partial charge in [0, 0.05) is 25.1 Å². The molecule has 4 aromatic rings. The van der Waals surface area contributed by atoms with Crippen molar-refractivity contribution in [3.63, 3.8) is 0 Å². The zero-order chi connectivity index (χ0) is 20.8. The summed E-state index contributed by atoms with van der Waals surface area (Å²) in [6, 6.07) is 29.9. The number of aromatic nitrogens is 2. The van der Waals surface area contributed by atoms with Gasteiger partial charge in [-0.1, -0.05) is 60.7 Å². The van der Waals surface area contributed by atoms with Crippen LogP contribution in [0.3, 0.4) is 0 Å². The van der Waals surface area contributed by atoms with Gasteiger partial charge >= 0.3 is 0 Å². The molecule has 0 aliphatic carbocycles. The molecule has 1 aromatic heterocycles. The number of rotatable bonds is 7. The van der Waals surface area contributed by atoms with Crippen LogP contribution in [0.5, 0.6) is 0 Å². The molecule has 0 unspecified atom stereocenters. The number of carbonyl (C=O) groups excluding carboxylic acids is 1. The first-order chi connectivity index (χ1) is 14.8. The molecule has 148 valence electrons. The number of hydrogen-bond acceptors (Lipinski definition) is 3. The quantitative estimate of drug-likeness (QED) is 0.433. The molecule has 5 nitrogen and oxygen atoms in total. The first kappa shape index (κ1) is 19.4. The van der Waals surface area contributed by atoms with Crippen LogP contribution in [0.25, 0.3) is 16.7 Å². The highest BCUT2D eigenvalue weighted by Crippen LogP contribution is 2.22. The van der Waals surface area contributed by atoms with E-state index in [4.69, 9.17) is 4.98 Å². The summed E-state index contributed by atoms with van der Waals surface area (Å²) in [6.07, 6.45) is 0.795. The minimum absolute atomic E-state index is 0.0490. The van der Waals surface area contributed by atoms with Gasteiger partial charge in [-0.05, 0) is 29.8 Å². The summed E-state index contributed by atoms with van der Waals surface area (Å²) < 4.78 is 2.11. The number of nitrogens with zero attached hydrogens (tertiary/aromatic N) is 4. The second-order valence-electron chi connectivity index (χ2n) is 7.08. The maximum Gasteiger partial charge on any atom is 0.224 e. The van der Waals surface area contributed by atoms with E-state index in [1.807, 2.05) is 84.9 Å². The topological polar surface area (TPSA) is 61.9 Å². The SMILES string of the molecule is N#CCN(Cc1ccccc1)C(=O)CCc1nc2ccccc2n1-c1ccccc1. The van der Waals surface area contributed by atoms with Crippen molar-refractivity contribution in [2.45, 2.75) is 19.4 Å². The Bertz CT molecular complexity index is 1180. The summed E-state index contributed by atoms with van der Waals surface area (Å²) in [5.41, 5.74) is 3.95. The molecule has 0 aliphatic rings. The molecule has 0 N–H and O–H groups in total. The van der Waals surface area contributed by atoms with Crippen LogP contribution in [-0.4, -0.2) is 26.9 Å². The summed E-state index contributed by atoms with van der Waals surface area (Å²) in [6.45, 7) is 0.505. The summed E-state index contributed by atoms with van der Waals surface area (Å²) in [4.78, 5) is 19.3. The number of carbonyl (C=O) groups is 1. The number of nitriles is 1. The lowest BCUT2D eigenvalue weighted by Gasteiger charge is -2.20. The third kappa shape index (κ3) is 4.23. The molecule has 0 spiro atoms. The molecule has 0 saturated heterocycles. The Labute approximate surface area is 175 Å². The van der Waals surface area contributed by atoms with E-state index in [0.717, 1.165) is 28.1 Å². The van der Waals surface area contributed by atoms with Crippen molar-refractivity contribution in [2.24, 2.45) is 0 Å². The van der Waals surface area contributed by atoms with Gasteiger partial charge in [0.2, 0.25) is 5.91 Å². The number of benzene rings is 3. The van der Waals surface area contributed by atoms with E-state index in [1.165, 1.54) is 0 Å². The highest BCUT2D eigenvalue weighted by molar-refractivity contribution is 5.79. The third-order valence-corrected chi connectivity index (χ3v) is 5.04. The van der Waals surface area contributed by atoms with Gasteiger partial charge in [0.25, 0.3) is 0 Å². The number of fused-ring (bicyclic) bond motifs is 1. The lowest BCUT2D eigenvalue weighted by Crippen LogP contribution is -2.31. The fourth-order valence-corrected chi connectivity index (χ4v) is 3.61. The average Bonchev–Trinajstić information content (AvgIpc) is 3.17. The highest BCUT2D eigenvalue weighted by atomic mass is 16.2. The van der Waals surface area contributed by atoms with Crippen molar-refractivity contribution >= 4 is 16.9 Å². The molecule has 0 saturated carbocycles. The lowest BCUT2D eigenvalue weighted by atomic mass is 10.2. The van der Waals surface area contributed by atoms with E-state index in [9.17, 15) is 10.1 Å². The molecule has 0 bridgehead atoms. The fourth-order valence-electron chi connectivity index (χ4n) is 3.61. The predicted molar refractivity (Wildman–Crippen MR) is 117 cm³/mol. The highest BCUT2D eigenvalue weighted by Gasteiger charge is 2.17. The molecule has 1 amide bonds. The molecule has 5 heteroatoms.